The third kappa shape index (κ3) is 3.91. The summed E-state index contributed by atoms with van der Waals surface area (Å²) in [5, 5.41) is 8.86. The van der Waals surface area contributed by atoms with E-state index >= 15 is 0 Å². The molecule has 1 aliphatic heterocycles. The maximum Gasteiger partial charge on any atom is 0.188 e. The highest BCUT2D eigenvalue weighted by Gasteiger charge is 2.15. The molecule has 1 N–H and O–H groups in total. The van der Waals surface area contributed by atoms with Crippen molar-refractivity contribution in [2.24, 2.45) is 0 Å². The molecule has 3 nitrogen and oxygen atoms in total. The highest BCUT2D eigenvalue weighted by molar-refractivity contribution is 8.06. The highest BCUT2D eigenvalue weighted by Crippen LogP contribution is 2.32. The molecular weight excluding hydrogens is 390 g/mol. The number of allylic oxidation sites excluding steroid dienone is 1. The van der Waals surface area contributed by atoms with E-state index in [9.17, 15) is 4.79 Å². The van der Waals surface area contributed by atoms with Gasteiger partial charge in [-0.25, -0.2) is 0 Å². The van der Waals surface area contributed by atoms with Crippen molar-refractivity contribution in [3.8, 4) is 5.75 Å². The lowest BCUT2D eigenvalue weighted by Gasteiger charge is -2.12. The summed E-state index contributed by atoms with van der Waals surface area (Å²) in [6.07, 6.45) is 1.72. The minimum Gasteiger partial charge on any atom is -0.462 e. The van der Waals surface area contributed by atoms with Crippen LogP contribution in [0.15, 0.2) is 83.4 Å². The number of ketones is 1. The summed E-state index contributed by atoms with van der Waals surface area (Å²) in [5.74, 6) is 0.706. The Morgan fingerprint density at radius 2 is 1.80 bits per heavy atom. The van der Waals surface area contributed by atoms with Gasteiger partial charge in [-0.05, 0) is 72.0 Å². The normalized spacial score (nSPS) is 14.5. The molecule has 1 aliphatic rings. The summed E-state index contributed by atoms with van der Waals surface area (Å²) in [7, 11) is 0. The van der Waals surface area contributed by atoms with E-state index in [1.807, 2.05) is 26.0 Å². The van der Waals surface area contributed by atoms with Crippen LogP contribution in [0.3, 0.4) is 0 Å². The molecule has 0 atom stereocenters. The first-order valence-corrected chi connectivity index (χ1v) is 10.6. The van der Waals surface area contributed by atoms with Crippen LogP contribution in [0, 0.1) is 13.8 Å². The van der Waals surface area contributed by atoms with Gasteiger partial charge >= 0.3 is 0 Å². The number of carbonyl (C=O) groups is 1. The number of ether oxygens (including phenoxy) is 1. The molecule has 4 rings (SSSR count). The fourth-order valence-corrected chi connectivity index (χ4v) is 4.10. The Kier molecular flexibility index (Phi) is 5.51. The van der Waals surface area contributed by atoms with Gasteiger partial charge in [0.1, 0.15) is 17.0 Å². The zero-order valence-corrected chi connectivity index (χ0v) is 18.1. The summed E-state index contributed by atoms with van der Waals surface area (Å²) >= 11 is 1.59. The lowest BCUT2D eigenvalue weighted by atomic mass is 9.96. The van der Waals surface area contributed by atoms with Crippen LogP contribution < -0.4 is 10.1 Å². The minimum absolute atomic E-state index is 0.0299. The fraction of sp³-hybridized carbons (Fsp3) is 0.115. The van der Waals surface area contributed by atoms with Crippen LogP contribution >= 0.6 is 11.8 Å². The molecule has 0 saturated carbocycles. The lowest BCUT2D eigenvalue weighted by Crippen LogP contribution is -2.06. The number of fused-ring (bicyclic) bond motifs is 1. The maximum absolute atomic E-state index is 12.3. The van der Waals surface area contributed by atoms with E-state index < -0.39 is 0 Å². The van der Waals surface area contributed by atoms with Crippen LogP contribution in [0.5, 0.6) is 5.75 Å². The Labute approximate surface area is 181 Å². The molecule has 0 amide bonds. The molecule has 0 unspecified atom stereocenters. The average Bonchev–Trinajstić information content (AvgIpc) is 3.23. The van der Waals surface area contributed by atoms with Gasteiger partial charge in [0.25, 0.3) is 0 Å². The number of Topliss-reactive ketones (excluding diaryl/α,β-unsaturated/α-hetero) is 1. The van der Waals surface area contributed by atoms with Crippen LogP contribution in [0.1, 0.15) is 34.0 Å². The van der Waals surface area contributed by atoms with Gasteiger partial charge < -0.3 is 10.1 Å². The molecule has 0 bridgehead atoms. The standard InChI is InChI=1S/C26H23NO2S/c1-16(2)26(28)22-11-12-24(18(4)17(22)3)29-14-25-27-23(15-30-25)21-10-9-19-7-5-6-8-20(19)13-21/h5-15,27H,1H2,2-4H3. The third-order valence-corrected chi connectivity index (χ3v) is 6.09. The maximum atomic E-state index is 12.3. The topological polar surface area (TPSA) is 38.3 Å². The van der Waals surface area contributed by atoms with E-state index in [0.29, 0.717) is 11.1 Å². The van der Waals surface area contributed by atoms with Crippen molar-refractivity contribution in [3.05, 3.63) is 106 Å². The number of hydrogen-bond acceptors (Lipinski definition) is 4. The summed E-state index contributed by atoms with van der Waals surface area (Å²) in [6.45, 7) is 9.39. The van der Waals surface area contributed by atoms with Crippen molar-refractivity contribution in [2.75, 3.05) is 0 Å². The molecule has 0 aliphatic carbocycles. The average molecular weight is 414 g/mol. The van der Waals surface area contributed by atoms with Gasteiger partial charge in [-0.2, -0.15) is 0 Å². The van der Waals surface area contributed by atoms with Gasteiger partial charge in [0, 0.05) is 11.0 Å². The molecule has 1 heterocycles. The molecule has 3 aromatic carbocycles. The number of thioether (sulfide) groups is 1. The second-order valence-electron chi connectivity index (χ2n) is 7.41. The van der Waals surface area contributed by atoms with E-state index in [2.05, 4.69) is 53.7 Å². The Hall–Kier alpha value is -3.24. The first-order valence-electron chi connectivity index (χ1n) is 9.74. The SMILES string of the molecule is C=C(C)C(=O)c1ccc(OC=C2NC(c3ccc4ccccc4c3)=CS2)c(C)c1C. The number of carbonyl (C=O) groups excluding carboxylic acids is 1. The fourth-order valence-electron chi connectivity index (χ4n) is 3.38. The van der Waals surface area contributed by atoms with Crippen LogP contribution in [0.4, 0.5) is 0 Å². The highest BCUT2D eigenvalue weighted by atomic mass is 32.2. The second-order valence-corrected chi connectivity index (χ2v) is 8.32. The Balaban J connectivity index is 1.49. The van der Waals surface area contributed by atoms with E-state index in [1.165, 1.54) is 10.8 Å². The monoisotopic (exact) mass is 413 g/mol. The van der Waals surface area contributed by atoms with E-state index in [0.717, 1.165) is 33.2 Å². The zero-order valence-electron chi connectivity index (χ0n) is 17.3. The largest absolute Gasteiger partial charge is 0.462 e. The van der Waals surface area contributed by atoms with Crippen molar-refractivity contribution in [1.29, 1.82) is 0 Å². The van der Waals surface area contributed by atoms with Gasteiger partial charge in [-0.15, -0.1) is 0 Å². The van der Waals surface area contributed by atoms with Crippen molar-refractivity contribution in [2.45, 2.75) is 20.8 Å². The van der Waals surface area contributed by atoms with Crippen molar-refractivity contribution >= 4 is 34.0 Å². The summed E-state index contributed by atoms with van der Waals surface area (Å²) in [5.41, 5.74) is 5.27. The van der Waals surface area contributed by atoms with Crippen molar-refractivity contribution in [1.82, 2.24) is 5.32 Å². The predicted molar refractivity (Wildman–Crippen MR) is 126 cm³/mol. The van der Waals surface area contributed by atoms with Crippen LogP contribution in [-0.4, -0.2) is 5.78 Å². The first kappa shape index (κ1) is 20.0. The summed E-state index contributed by atoms with van der Waals surface area (Å²) < 4.78 is 5.94. The molecule has 0 saturated heterocycles. The Bertz CT molecular complexity index is 1240. The zero-order chi connectivity index (χ0) is 21.3. The van der Waals surface area contributed by atoms with Crippen LogP contribution in [-0.2, 0) is 0 Å². The molecule has 3 aromatic rings. The third-order valence-electron chi connectivity index (χ3n) is 5.28. The van der Waals surface area contributed by atoms with Crippen molar-refractivity contribution in [3.63, 3.8) is 0 Å². The predicted octanol–water partition coefficient (Wildman–Crippen LogP) is 6.73. The molecule has 0 fully saturated rings. The first-order chi connectivity index (χ1) is 14.4. The molecule has 0 radical (unpaired) electrons. The van der Waals surface area contributed by atoms with Gasteiger partial charge in [0.05, 0.1) is 5.70 Å². The summed E-state index contributed by atoms with van der Waals surface area (Å²) in [4.78, 5) is 12.3. The van der Waals surface area contributed by atoms with Gasteiger partial charge in [0.2, 0.25) is 0 Å². The molecular formula is C26H23NO2S. The van der Waals surface area contributed by atoms with E-state index in [-0.39, 0.29) is 5.78 Å². The van der Waals surface area contributed by atoms with Gasteiger partial charge in [-0.1, -0.05) is 54.7 Å². The molecule has 4 heteroatoms. The second kappa shape index (κ2) is 8.25. The van der Waals surface area contributed by atoms with Crippen molar-refractivity contribution < 1.29 is 9.53 Å². The number of benzene rings is 3. The summed E-state index contributed by atoms with van der Waals surface area (Å²) in [6, 6.07) is 18.4. The van der Waals surface area contributed by atoms with Crippen LogP contribution in [0.25, 0.3) is 16.5 Å². The van der Waals surface area contributed by atoms with E-state index in [4.69, 9.17) is 4.74 Å². The molecule has 0 spiro atoms. The quantitative estimate of drug-likeness (QED) is 0.286. The lowest BCUT2D eigenvalue weighted by molar-refractivity contribution is 0.103. The van der Waals surface area contributed by atoms with Gasteiger partial charge in [-0.3, -0.25) is 4.79 Å². The smallest absolute Gasteiger partial charge is 0.188 e. The molecule has 0 aromatic heterocycles. The molecule has 30 heavy (non-hydrogen) atoms. The number of hydrogen-bond donors (Lipinski definition) is 1. The van der Waals surface area contributed by atoms with Crippen LogP contribution in [0.2, 0.25) is 0 Å². The van der Waals surface area contributed by atoms with Gasteiger partial charge in [0.15, 0.2) is 5.78 Å². The Morgan fingerprint density at radius 1 is 1.03 bits per heavy atom. The molecule has 150 valence electrons. The minimum atomic E-state index is -0.0299. The van der Waals surface area contributed by atoms with E-state index in [1.54, 1.807) is 31.0 Å². The Morgan fingerprint density at radius 3 is 2.57 bits per heavy atom. The number of nitrogens with one attached hydrogen (secondary N) is 1. The number of rotatable bonds is 5.